The Morgan fingerprint density at radius 3 is 1.46 bits per heavy atom. The van der Waals surface area contributed by atoms with Crippen molar-refractivity contribution in [1.29, 1.82) is 0 Å². The molecule has 1 aromatic heterocycles. The zero-order valence-electron chi connectivity index (χ0n) is 40.0. The number of benzene rings is 12. The fraction of sp³-hybridized carbons (Fsp3) is 0. The van der Waals surface area contributed by atoms with Crippen molar-refractivity contribution in [2.45, 2.75) is 0 Å². The van der Waals surface area contributed by atoms with E-state index in [0.29, 0.717) is 23.2 Å². The maximum atomic E-state index is 8.25. The van der Waals surface area contributed by atoms with Gasteiger partial charge >= 0.3 is 0 Å². The molecule has 0 saturated heterocycles. The predicted molar refractivity (Wildman–Crippen MR) is 307 cm³/mol. The van der Waals surface area contributed by atoms with Gasteiger partial charge in [-0.1, -0.05) is 224 Å². The molecule has 0 unspecified atom stereocenters. The topological polar surface area (TPSA) is 43.0 Å². The van der Waals surface area contributed by atoms with E-state index in [1.54, 1.807) is 0 Å². The monoisotopic (exact) mass is 938 g/mol. The second kappa shape index (κ2) is 17.6. The molecule has 1 aliphatic carbocycles. The van der Waals surface area contributed by atoms with E-state index in [2.05, 4.69) is 211 Å². The minimum atomic E-state index is 0.564. The molecule has 4 nitrogen and oxygen atoms in total. The summed E-state index contributed by atoms with van der Waals surface area (Å²) >= 11 is 0. The lowest BCUT2D eigenvalue weighted by Gasteiger charge is -2.15. The van der Waals surface area contributed by atoms with Gasteiger partial charge in [0.15, 0.2) is 23.2 Å². The van der Waals surface area contributed by atoms with E-state index in [9.17, 15) is 0 Å². The molecule has 342 valence electrons. The summed E-state index contributed by atoms with van der Waals surface area (Å²) in [5.74, 6) is 1.76. The van der Waals surface area contributed by atoms with Gasteiger partial charge in [-0.25, -0.2) is 19.8 Å². The van der Waals surface area contributed by atoms with E-state index in [-0.39, 0.29) is 0 Å². The van der Waals surface area contributed by atoms with Crippen molar-refractivity contribution in [3.63, 3.8) is 0 Å². The second-order valence-corrected chi connectivity index (χ2v) is 19.0. The van der Waals surface area contributed by atoms with E-state index < -0.39 is 0 Å². The first-order valence-electron chi connectivity index (χ1n) is 24.9. The lowest BCUT2D eigenvalue weighted by atomic mass is 9.89. The third kappa shape index (κ3) is 7.34. The van der Waals surface area contributed by atoms with E-state index in [1.165, 1.54) is 65.7 Å². The highest BCUT2D eigenvalue weighted by Gasteiger charge is 2.23. The fourth-order valence-corrected chi connectivity index (χ4v) is 11.2. The van der Waals surface area contributed by atoms with Crippen LogP contribution in [0.3, 0.4) is 0 Å². The van der Waals surface area contributed by atoms with Crippen molar-refractivity contribution in [2.24, 2.45) is 0 Å². The molecule has 74 heavy (non-hydrogen) atoms. The fourth-order valence-electron chi connectivity index (χ4n) is 11.2. The average molecular weight is 939 g/mol. The third-order valence-electron chi connectivity index (χ3n) is 14.7. The number of rotatable bonds is 8. The van der Waals surface area contributed by atoms with Gasteiger partial charge in [-0.05, 0) is 141 Å². The molecule has 1 heterocycles. The molecule has 0 fully saturated rings. The van der Waals surface area contributed by atoms with Crippen LogP contribution in [0.2, 0.25) is 0 Å². The minimum Gasteiger partial charge on any atom is -0.238 e. The first kappa shape index (κ1) is 42.8. The Labute approximate surface area is 429 Å². The summed E-state index contributed by atoms with van der Waals surface area (Å²) in [5.41, 5.74) is 19.2. The molecular formula is C70H42N4. The van der Waals surface area contributed by atoms with Gasteiger partial charge in [-0.3, -0.25) is 0 Å². The molecule has 0 aliphatic heterocycles. The maximum Gasteiger partial charge on any atom is 0.188 e. The Morgan fingerprint density at radius 1 is 0.243 bits per heavy atom. The van der Waals surface area contributed by atoms with Crippen molar-refractivity contribution in [3.8, 4) is 112 Å². The zero-order chi connectivity index (χ0) is 49.1. The van der Waals surface area contributed by atoms with Crippen molar-refractivity contribution in [2.75, 3.05) is 0 Å². The molecule has 14 rings (SSSR count). The van der Waals surface area contributed by atoms with Crippen LogP contribution in [-0.2, 0) is 0 Å². The van der Waals surface area contributed by atoms with Crippen LogP contribution in [0, 0.1) is 6.57 Å². The molecule has 12 aromatic carbocycles. The molecule has 0 bridgehead atoms. The first-order chi connectivity index (χ1) is 36.6. The summed E-state index contributed by atoms with van der Waals surface area (Å²) in [7, 11) is 0. The highest BCUT2D eigenvalue weighted by molar-refractivity contribution is 6.19. The summed E-state index contributed by atoms with van der Waals surface area (Å²) in [6, 6.07) is 90.0. The summed E-state index contributed by atoms with van der Waals surface area (Å²) in [6.07, 6.45) is 0. The molecule has 13 aromatic rings. The van der Waals surface area contributed by atoms with Gasteiger partial charge in [0.05, 0.1) is 6.57 Å². The van der Waals surface area contributed by atoms with Crippen LogP contribution in [0.25, 0.3) is 149 Å². The Morgan fingerprint density at radius 2 is 0.703 bits per heavy atom. The predicted octanol–water partition coefficient (Wildman–Crippen LogP) is 18.9. The number of nitrogens with zero attached hydrogens (tertiary/aromatic N) is 4. The van der Waals surface area contributed by atoms with Crippen LogP contribution in [0.4, 0.5) is 5.69 Å². The Hall–Kier alpha value is -10.1. The zero-order valence-corrected chi connectivity index (χ0v) is 40.0. The summed E-state index contributed by atoms with van der Waals surface area (Å²) < 4.78 is 0. The normalized spacial score (nSPS) is 11.5. The molecule has 1 aliphatic rings. The van der Waals surface area contributed by atoms with Crippen LogP contribution >= 0.6 is 0 Å². The van der Waals surface area contributed by atoms with Crippen molar-refractivity contribution >= 4 is 38.0 Å². The van der Waals surface area contributed by atoms with E-state index in [1.807, 2.05) is 48.5 Å². The molecular weight excluding hydrogens is 897 g/mol. The van der Waals surface area contributed by atoms with Crippen LogP contribution in [-0.4, -0.2) is 15.0 Å². The highest BCUT2D eigenvalue weighted by Crippen LogP contribution is 2.49. The molecule has 0 saturated carbocycles. The van der Waals surface area contributed by atoms with Crippen LogP contribution < -0.4 is 0 Å². The number of hydrogen-bond acceptors (Lipinski definition) is 3. The van der Waals surface area contributed by atoms with Crippen molar-refractivity contribution < 1.29 is 0 Å². The highest BCUT2D eigenvalue weighted by atomic mass is 15.0. The van der Waals surface area contributed by atoms with E-state index >= 15 is 0 Å². The van der Waals surface area contributed by atoms with Crippen molar-refractivity contribution in [1.82, 2.24) is 15.0 Å². The van der Waals surface area contributed by atoms with Crippen LogP contribution in [0.15, 0.2) is 255 Å². The number of aromatic nitrogens is 3. The standard InChI is InChI=1S/C70H42N4/c1-71-54-42-52(41-53(43-54)58-24-8-7-23-56(58)49-19-12-20-50(40-49)57-27-13-28-60-55-22-6-5-15-44(55)35-36-63(57)60)48-18-11-21-51(39-48)70-73-68(46-16-3-2-4-17-46)72-69(74-70)47-33-31-45(32-34-47)59-37-38-66-62-26-10-9-25-61(62)65-30-14-29-64(59)67(65)66/h2-43H. The Bertz CT molecular complexity index is 4400. The van der Waals surface area contributed by atoms with Gasteiger partial charge in [0.1, 0.15) is 0 Å². The van der Waals surface area contributed by atoms with Gasteiger partial charge in [0, 0.05) is 16.7 Å². The van der Waals surface area contributed by atoms with Gasteiger partial charge < -0.3 is 0 Å². The Kier molecular flexibility index (Phi) is 10.2. The average Bonchev–Trinajstić information content (AvgIpc) is 3.82. The third-order valence-corrected chi connectivity index (χ3v) is 14.7. The number of fused-ring (bicyclic) bond motifs is 6. The SMILES string of the molecule is [C-]#[N+]c1cc(-c2cccc(-c3nc(-c4ccccc4)nc(-c4ccc(-c5ccc6c7c(cccc57)-c5ccccc5-6)cc4)n3)c2)cc(-c2ccccc2-c2cccc(-c3cccc4c3ccc3ccccc34)c2)c1. The quantitative estimate of drug-likeness (QED) is 0.113. The van der Waals surface area contributed by atoms with E-state index in [4.69, 9.17) is 21.5 Å². The molecule has 0 N–H and O–H groups in total. The molecule has 0 atom stereocenters. The van der Waals surface area contributed by atoms with Gasteiger partial charge in [0.2, 0.25) is 0 Å². The lowest BCUT2D eigenvalue weighted by Crippen LogP contribution is -2.00. The van der Waals surface area contributed by atoms with Gasteiger partial charge in [-0.15, -0.1) is 0 Å². The van der Waals surface area contributed by atoms with Crippen molar-refractivity contribution in [3.05, 3.63) is 266 Å². The summed E-state index contributed by atoms with van der Waals surface area (Å²) in [6.45, 7) is 8.25. The second-order valence-electron chi connectivity index (χ2n) is 19.0. The molecule has 0 radical (unpaired) electrons. The Balaban J connectivity index is 0.820. The largest absolute Gasteiger partial charge is 0.238 e. The molecule has 0 amide bonds. The summed E-state index contributed by atoms with van der Waals surface area (Å²) in [5, 5.41) is 7.51. The van der Waals surface area contributed by atoms with Crippen LogP contribution in [0.1, 0.15) is 0 Å². The lowest BCUT2D eigenvalue weighted by molar-refractivity contribution is 1.07. The van der Waals surface area contributed by atoms with Crippen LogP contribution in [0.5, 0.6) is 0 Å². The maximum absolute atomic E-state index is 8.25. The van der Waals surface area contributed by atoms with E-state index in [0.717, 1.165) is 61.2 Å². The smallest absolute Gasteiger partial charge is 0.188 e. The molecule has 4 heteroatoms. The first-order valence-corrected chi connectivity index (χ1v) is 24.9. The summed E-state index contributed by atoms with van der Waals surface area (Å²) in [4.78, 5) is 19.4. The number of hydrogen-bond donors (Lipinski definition) is 0. The van der Waals surface area contributed by atoms with Gasteiger partial charge in [-0.2, -0.15) is 0 Å². The minimum absolute atomic E-state index is 0.564. The van der Waals surface area contributed by atoms with Gasteiger partial charge in [0.25, 0.3) is 0 Å². The molecule has 0 spiro atoms.